The highest BCUT2D eigenvalue weighted by Gasteiger charge is 2.09. The molecule has 0 saturated heterocycles. The summed E-state index contributed by atoms with van der Waals surface area (Å²) >= 11 is 0. The molecular weight excluding hydrogens is 224 g/mol. The van der Waals surface area contributed by atoms with E-state index >= 15 is 0 Å². The summed E-state index contributed by atoms with van der Waals surface area (Å²) in [5, 5.41) is 3.18. The lowest BCUT2D eigenvalue weighted by atomic mass is 10.1. The predicted octanol–water partition coefficient (Wildman–Crippen LogP) is 1.17. The molecule has 0 aromatic carbocycles. The van der Waals surface area contributed by atoms with Crippen LogP contribution in [0.1, 0.15) is 25.5 Å². The lowest BCUT2D eigenvalue weighted by molar-refractivity contribution is 0.572. The van der Waals surface area contributed by atoms with Crippen LogP contribution in [-0.4, -0.2) is 31.5 Å². The molecule has 0 aliphatic rings. The molecule has 1 aromatic rings. The summed E-state index contributed by atoms with van der Waals surface area (Å²) in [6.45, 7) is 4.16. The van der Waals surface area contributed by atoms with Crippen molar-refractivity contribution < 1.29 is 8.42 Å². The van der Waals surface area contributed by atoms with Crippen LogP contribution in [0.2, 0.25) is 0 Å². The highest BCUT2D eigenvalue weighted by Crippen LogP contribution is 2.09. The van der Waals surface area contributed by atoms with Gasteiger partial charge < -0.3 is 5.32 Å². The Bertz CT molecular complexity index is 403. The van der Waals surface area contributed by atoms with Crippen molar-refractivity contribution in [2.45, 2.75) is 19.9 Å². The number of sulfone groups is 1. The molecule has 1 atom stereocenters. The van der Waals surface area contributed by atoms with E-state index in [1.165, 1.54) is 0 Å². The van der Waals surface area contributed by atoms with Crippen LogP contribution in [0, 0.1) is 0 Å². The molecule has 1 heterocycles. The van der Waals surface area contributed by atoms with Crippen molar-refractivity contribution in [1.29, 1.82) is 0 Å². The van der Waals surface area contributed by atoms with E-state index in [1.807, 2.05) is 19.1 Å². The van der Waals surface area contributed by atoms with Crippen molar-refractivity contribution >= 4 is 9.84 Å². The van der Waals surface area contributed by atoms with E-state index in [4.69, 9.17) is 0 Å². The summed E-state index contributed by atoms with van der Waals surface area (Å²) in [7, 11) is -2.87. The minimum absolute atomic E-state index is 0.148. The van der Waals surface area contributed by atoms with Gasteiger partial charge in [-0.15, -0.1) is 0 Å². The first kappa shape index (κ1) is 13.1. The van der Waals surface area contributed by atoms with Gasteiger partial charge >= 0.3 is 0 Å². The van der Waals surface area contributed by atoms with Crippen LogP contribution in [0.4, 0.5) is 0 Å². The molecule has 16 heavy (non-hydrogen) atoms. The van der Waals surface area contributed by atoms with Gasteiger partial charge in [0.15, 0.2) is 9.84 Å². The fraction of sp³-hybridized carbons (Fsp3) is 0.545. The van der Waals surface area contributed by atoms with Gasteiger partial charge in [-0.05, 0) is 24.6 Å². The summed E-state index contributed by atoms with van der Waals surface area (Å²) < 4.78 is 22.5. The standard InChI is InChI=1S/C11H18N2O2S/c1-3-16(14,15)9-8-13-10(2)11-4-6-12-7-5-11/h4-7,10,13H,3,8-9H2,1-2H3. The molecule has 0 saturated carbocycles. The molecule has 1 aromatic heterocycles. The highest BCUT2D eigenvalue weighted by atomic mass is 32.2. The molecule has 90 valence electrons. The Balaban J connectivity index is 2.40. The highest BCUT2D eigenvalue weighted by molar-refractivity contribution is 7.91. The summed E-state index contributed by atoms with van der Waals surface area (Å²) in [6, 6.07) is 3.99. The van der Waals surface area contributed by atoms with Crippen LogP contribution >= 0.6 is 0 Å². The molecule has 0 aliphatic heterocycles. The normalized spacial score (nSPS) is 13.6. The van der Waals surface area contributed by atoms with Gasteiger partial charge in [0.1, 0.15) is 0 Å². The number of hydrogen-bond donors (Lipinski definition) is 1. The van der Waals surface area contributed by atoms with Gasteiger partial charge in [-0.25, -0.2) is 8.42 Å². The van der Waals surface area contributed by atoms with E-state index < -0.39 is 9.84 Å². The number of aromatic nitrogens is 1. The second kappa shape index (κ2) is 5.96. The second-order valence-corrected chi connectivity index (χ2v) is 6.17. The fourth-order valence-electron chi connectivity index (χ4n) is 1.35. The Hall–Kier alpha value is -0.940. The zero-order valence-corrected chi connectivity index (χ0v) is 10.5. The molecule has 4 nitrogen and oxygen atoms in total. The third-order valence-corrected chi connectivity index (χ3v) is 4.22. The molecular formula is C11H18N2O2S. The van der Waals surface area contributed by atoms with Crippen LogP contribution in [0.3, 0.4) is 0 Å². The van der Waals surface area contributed by atoms with Gasteiger partial charge in [0, 0.05) is 30.7 Å². The number of rotatable bonds is 6. The average Bonchev–Trinajstić information content (AvgIpc) is 2.30. The molecule has 1 rings (SSSR count). The van der Waals surface area contributed by atoms with Crippen molar-refractivity contribution in [3.63, 3.8) is 0 Å². The zero-order valence-electron chi connectivity index (χ0n) is 9.68. The Morgan fingerprint density at radius 2 is 2.00 bits per heavy atom. The van der Waals surface area contributed by atoms with Gasteiger partial charge in [-0.2, -0.15) is 0 Å². The summed E-state index contributed by atoms with van der Waals surface area (Å²) in [5.74, 6) is 0.400. The quantitative estimate of drug-likeness (QED) is 0.813. The van der Waals surface area contributed by atoms with E-state index in [1.54, 1.807) is 19.3 Å². The third-order valence-electron chi connectivity index (χ3n) is 2.51. The van der Waals surface area contributed by atoms with Gasteiger partial charge in [0.2, 0.25) is 0 Å². The van der Waals surface area contributed by atoms with Crippen LogP contribution in [0.25, 0.3) is 0 Å². The van der Waals surface area contributed by atoms with Gasteiger partial charge in [-0.1, -0.05) is 6.92 Å². The first-order valence-electron chi connectivity index (χ1n) is 5.39. The largest absolute Gasteiger partial charge is 0.309 e. The molecule has 0 radical (unpaired) electrons. The van der Waals surface area contributed by atoms with Gasteiger partial charge in [-0.3, -0.25) is 4.98 Å². The van der Waals surface area contributed by atoms with E-state index in [0.717, 1.165) is 5.56 Å². The van der Waals surface area contributed by atoms with Crippen molar-refractivity contribution in [3.05, 3.63) is 30.1 Å². The van der Waals surface area contributed by atoms with Crippen molar-refractivity contribution in [1.82, 2.24) is 10.3 Å². The van der Waals surface area contributed by atoms with Crippen LogP contribution in [-0.2, 0) is 9.84 Å². The molecule has 1 N–H and O–H groups in total. The first-order chi connectivity index (χ1) is 7.55. The second-order valence-electron chi connectivity index (χ2n) is 3.69. The van der Waals surface area contributed by atoms with Crippen molar-refractivity contribution in [2.24, 2.45) is 0 Å². The number of hydrogen-bond acceptors (Lipinski definition) is 4. The summed E-state index contributed by atoms with van der Waals surface area (Å²) in [6.07, 6.45) is 3.46. The Kier molecular flexibility index (Phi) is 4.89. The summed E-state index contributed by atoms with van der Waals surface area (Å²) in [4.78, 5) is 3.94. The lowest BCUT2D eigenvalue weighted by Gasteiger charge is -2.13. The Labute approximate surface area is 97.0 Å². The molecule has 5 heteroatoms. The topological polar surface area (TPSA) is 59.1 Å². The monoisotopic (exact) mass is 242 g/mol. The van der Waals surface area contributed by atoms with Crippen molar-refractivity contribution in [2.75, 3.05) is 18.1 Å². The maximum atomic E-state index is 11.3. The van der Waals surface area contributed by atoms with Gasteiger partial charge in [0.25, 0.3) is 0 Å². The lowest BCUT2D eigenvalue weighted by Crippen LogP contribution is -2.26. The minimum Gasteiger partial charge on any atom is -0.309 e. The third kappa shape index (κ3) is 4.28. The van der Waals surface area contributed by atoms with E-state index in [9.17, 15) is 8.42 Å². The fourth-order valence-corrected chi connectivity index (χ4v) is 2.06. The number of nitrogens with zero attached hydrogens (tertiary/aromatic N) is 1. The van der Waals surface area contributed by atoms with Gasteiger partial charge in [0.05, 0.1) is 5.75 Å². The summed E-state index contributed by atoms with van der Waals surface area (Å²) in [5.41, 5.74) is 1.11. The molecule has 0 fully saturated rings. The number of nitrogens with one attached hydrogen (secondary N) is 1. The molecule has 0 spiro atoms. The maximum absolute atomic E-state index is 11.3. The predicted molar refractivity (Wildman–Crippen MR) is 65.0 cm³/mol. The minimum atomic E-state index is -2.87. The van der Waals surface area contributed by atoms with E-state index in [0.29, 0.717) is 6.54 Å². The van der Waals surface area contributed by atoms with Crippen LogP contribution < -0.4 is 5.32 Å². The first-order valence-corrected chi connectivity index (χ1v) is 7.21. The smallest absolute Gasteiger partial charge is 0.151 e. The molecule has 0 amide bonds. The van der Waals surface area contributed by atoms with Crippen LogP contribution in [0.15, 0.2) is 24.5 Å². The van der Waals surface area contributed by atoms with E-state index in [-0.39, 0.29) is 17.5 Å². The Morgan fingerprint density at radius 3 is 2.56 bits per heavy atom. The number of pyridine rings is 1. The van der Waals surface area contributed by atoms with E-state index in [2.05, 4.69) is 10.3 Å². The van der Waals surface area contributed by atoms with Crippen molar-refractivity contribution in [3.8, 4) is 0 Å². The Morgan fingerprint density at radius 1 is 1.38 bits per heavy atom. The molecule has 0 bridgehead atoms. The average molecular weight is 242 g/mol. The maximum Gasteiger partial charge on any atom is 0.151 e. The van der Waals surface area contributed by atoms with Crippen LogP contribution in [0.5, 0.6) is 0 Å². The molecule has 0 aliphatic carbocycles. The zero-order chi connectivity index (χ0) is 12.0. The SMILES string of the molecule is CCS(=O)(=O)CCNC(C)c1ccncc1. The molecule has 1 unspecified atom stereocenters.